The lowest BCUT2D eigenvalue weighted by atomic mass is 9.78. The molecule has 1 spiro atoms. The van der Waals surface area contributed by atoms with Gasteiger partial charge in [0.2, 0.25) is 6.79 Å². The second kappa shape index (κ2) is 9.30. The molecule has 1 aliphatic carbocycles. The number of hydrogen-bond donors (Lipinski definition) is 1. The summed E-state index contributed by atoms with van der Waals surface area (Å²) in [5, 5.41) is 7.82. The van der Waals surface area contributed by atoms with Crippen LogP contribution in [-0.2, 0) is 4.74 Å². The van der Waals surface area contributed by atoms with E-state index >= 15 is 0 Å². The van der Waals surface area contributed by atoms with Crippen molar-refractivity contribution in [1.29, 1.82) is 0 Å². The summed E-state index contributed by atoms with van der Waals surface area (Å²) in [6.45, 7) is 1.51. The van der Waals surface area contributed by atoms with Gasteiger partial charge in [-0.25, -0.2) is 13.9 Å². The monoisotopic (exact) mass is 500 g/mol. The fourth-order valence-corrected chi connectivity index (χ4v) is 4.98. The number of carbonyl (C=O) groups is 1. The summed E-state index contributed by atoms with van der Waals surface area (Å²) in [6.07, 6.45) is 4.96. The van der Waals surface area contributed by atoms with E-state index in [0.29, 0.717) is 35.5 Å². The number of carbonyl (C=O) groups excluding carboxylic acids is 1. The molecule has 1 saturated carbocycles. The van der Waals surface area contributed by atoms with E-state index < -0.39 is 5.60 Å². The highest BCUT2D eigenvalue weighted by Gasteiger charge is 2.47. The SMILES string of the molecule is Cl.O=C1OC2(CCC(CNc3ccn(-c4ccccc4F)n3)CC2)CN1c1ccc2c(c1)OCO2. The summed E-state index contributed by atoms with van der Waals surface area (Å²) in [5.74, 6) is 2.19. The van der Waals surface area contributed by atoms with Crippen LogP contribution in [-0.4, -0.2) is 41.4 Å². The maximum Gasteiger partial charge on any atom is 0.415 e. The minimum atomic E-state index is -0.448. The highest BCUT2D eigenvalue weighted by Crippen LogP contribution is 2.43. The Bertz CT molecular complexity index is 1230. The van der Waals surface area contributed by atoms with E-state index in [1.54, 1.807) is 29.3 Å². The number of fused-ring (bicyclic) bond motifs is 1. The maximum atomic E-state index is 14.0. The van der Waals surface area contributed by atoms with E-state index in [1.807, 2.05) is 24.3 Å². The van der Waals surface area contributed by atoms with Crippen molar-refractivity contribution in [2.45, 2.75) is 31.3 Å². The fraction of sp³-hybridized carbons (Fsp3) is 0.360. The molecule has 1 N–H and O–H groups in total. The summed E-state index contributed by atoms with van der Waals surface area (Å²) >= 11 is 0. The van der Waals surface area contributed by atoms with E-state index in [9.17, 15) is 9.18 Å². The standard InChI is InChI=1S/C25H25FN4O4.ClH/c26-19-3-1-2-4-20(19)30-12-9-23(28-30)27-14-17-7-10-25(11-8-17)15-29(24(31)34-25)18-5-6-21-22(13-18)33-16-32-21;/h1-6,9,12-13,17H,7-8,10-11,14-16H2,(H,27,28);1H. The summed E-state index contributed by atoms with van der Waals surface area (Å²) in [7, 11) is 0. The van der Waals surface area contributed by atoms with Gasteiger partial charge in [-0.15, -0.1) is 12.4 Å². The Morgan fingerprint density at radius 2 is 1.89 bits per heavy atom. The Balaban J connectivity index is 0.00000253. The molecular formula is C25H26ClFN4O4. The Labute approximate surface area is 208 Å². The molecule has 2 aliphatic heterocycles. The quantitative estimate of drug-likeness (QED) is 0.521. The van der Waals surface area contributed by atoms with Gasteiger partial charge < -0.3 is 19.5 Å². The second-order valence-electron chi connectivity index (χ2n) is 9.10. The number of rotatable bonds is 5. The Hall–Kier alpha value is -3.46. The second-order valence-corrected chi connectivity index (χ2v) is 9.10. The van der Waals surface area contributed by atoms with Crippen LogP contribution < -0.4 is 19.7 Å². The van der Waals surface area contributed by atoms with Gasteiger partial charge in [0.05, 0.1) is 12.2 Å². The molecule has 184 valence electrons. The third-order valence-corrected chi connectivity index (χ3v) is 6.91. The van der Waals surface area contributed by atoms with E-state index in [2.05, 4.69) is 10.4 Å². The number of aromatic nitrogens is 2. The molecule has 3 aliphatic rings. The number of halogens is 2. The Morgan fingerprint density at radius 3 is 2.71 bits per heavy atom. The molecule has 2 fully saturated rings. The van der Waals surface area contributed by atoms with Crippen LogP contribution in [0.3, 0.4) is 0 Å². The predicted octanol–water partition coefficient (Wildman–Crippen LogP) is 5.16. The van der Waals surface area contributed by atoms with Crippen LogP contribution in [0.5, 0.6) is 11.5 Å². The molecule has 3 aromatic rings. The van der Waals surface area contributed by atoms with Gasteiger partial charge in [-0.05, 0) is 55.9 Å². The van der Waals surface area contributed by atoms with Crippen LogP contribution >= 0.6 is 12.4 Å². The van der Waals surface area contributed by atoms with Crippen LogP contribution in [0.15, 0.2) is 54.7 Å². The first-order valence-electron chi connectivity index (χ1n) is 11.5. The molecule has 3 heterocycles. The van der Waals surface area contributed by atoms with Gasteiger partial charge in [0, 0.05) is 24.9 Å². The first-order valence-corrected chi connectivity index (χ1v) is 11.5. The van der Waals surface area contributed by atoms with Crippen LogP contribution in [0.4, 0.5) is 20.7 Å². The number of para-hydroxylation sites is 1. The van der Waals surface area contributed by atoms with Gasteiger partial charge in [-0.2, -0.15) is 5.10 Å². The van der Waals surface area contributed by atoms with Gasteiger partial charge in [0.1, 0.15) is 22.9 Å². The number of benzene rings is 2. The summed E-state index contributed by atoms with van der Waals surface area (Å²) < 4.78 is 32.2. The number of ether oxygens (including phenoxy) is 3. The van der Waals surface area contributed by atoms with E-state index in [-0.39, 0.29) is 31.1 Å². The first-order chi connectivity index (χ1) is 16.6. The van der Waals surface area contributed by atoms with Crippen LogP contribution in [0, 0.1) is 11.7 Å². The van der Waals surface area contributed by atoms with E-state index in [4.69, 9.17) is 14.2 Å². The lowest BCUT2D eigenvalue weighted by molar-refractivity contribution is 0.0148. The number of anilines is 2. The zero-order chi connectivity index (χ0) is 23.1. The molecule has 1 aromatic heterocycles. The zero-order valence-corrected chi connectivity index (χ0v) is 19.8. The van der Waals surface area contributed by atoms with Crippen LogP contribution in [0.1, 0.15) is 25.7 Å². The number of nitrogens with zero attached hydrogens (tertiary/aromatic N) is 3. The normalized spacial score (nSPS) is 22.7. The largest absolute Gasteiger partial charge is 0.454 e. The van der Waals surface area contributed by atoms with E-state index in [0.717, 1.165) is 37.9 Å². The maximum absolute atomic E-state index is 14.0. The first kappa shape index (κ1) is 23.3. The summed E-state index contributed by atoms with van der Waals surface area (Å²) in [5.41, 5.74) is 0.738. The highest BCUT2D eigenvalue weighted by atomic mass is 35.5. The third kappa shape index (κ3) is 4.48. The van der Waals surface area contributed by atoms with Crippen LogP contribution in [0.2, 0.25) is 0 Å². The molecule has 0 unspecified atom stereocenters. The number of amides is 1. The molecule has 35 heavy (non-hydrogen) atoms. The third-order valence-electron chi connectivity index (χ3n) is 6.91. The zero-order valence-electron chi connectivity index (χ0n) is 19.0. The molecule has 2 aromatic carbocycles. The van der Waals surface area contributed by atoms with Gasteiger partial charge in [0.25, 0.3) is 0 Å². The molecule has 1 saturated heterocycles. The molecule has 0 bridgehead atoms. The van der Waals surface area contributed by atoms with Gasteiger partial charge in [-0.3, -0.25) is 4.90 Å². The molecule has 8 nitrogen and oxygen atoms in total. The Kier molecular flexibility index (Phi) is 6.19. The van der Waals surface area contributed by atoms with Crippen molar-refractivity contribution in [1.82, 2.24) is 9.78 Å². The van der Waals surface area contributed by atoms with Gasteiger partial charge >= 0.3 is 6.09 Å². The average molecular weight is 501 g/mol. The predicted molar refractivity (Wildman–Crippen MR) is 130 cm³/mol. The van der Waals surface area contributed by atoms with Crippen molar-refractivity contribution in [3.8, 4) is 17.2 Å². The lowest BCUT2D eigenvalue weighted by Gasteiger charge is -2.35. The minimum absolute atomic E-state index is 0. The lowest BCUT2D eigenvalue weighted by Crippen LogP contribution is -2.39. The van der Waals surface area contributed by atoms with Crippen molar-refractivity contribution in [2.75, 3.05) is 30.1 Å². The topological polar surface area (TPSA) is 77.9 Å². The van der Waals surface area contributed by atoms with Gasteiger partial charge in [0.15, 0.2) is 11.5 Å². The average Bonchev–Trinajstić information content (AvgIpc) is 3.58. The summed E-state index contributed by atoms with van der Waals surface area (Å²) in [4.78, 5) is 14.4. The van der Waals surface area contributed by atoms with Crippen molar-refractivity contribution in [3.05, 3.63) is 60.5 Å². The molecule has 0 atom stereocenters. The number of nitrogens with one attached hydrogen (secondary N) is 1. The van der Waals surface area contributed by atoms with Crippen LogP contribution in [0.25, 0.3) is 5.69 Å². The molecule has 0 radical (unpaired) electrons. The number of hydrogen-bond acceptors (Lipinski definition) is 6. The smallest absolute Gasteiger partial charge is 0.415 e. The highest BCUT2D eigenvalue weighted by molar-refractivity contribution is 5.90. The van der Waals surface area contributed by atoms with E-state index in [1.165, 1.54) is 10.7 Å². The molecular weight excluding hydrogens is 475 g/mol. The van der Waals surface area contributed by atoms with Gasteiger partial charge in [-0.1, -0.05) is 12.1 Å². The molecule has 6 rings (SSSR count). The van der Waals surface area contributed by atoms with Crippen molar-refractivity contribution >= 4 is 30.0 Å². The molecule has 1 amide bonds. The Morgan fingerprint density at radius 1 is 1.09 bits per heavy atom. The fourth-order valence-electron chi connectivity index (χ4n) is 4.98. The van der Waals surface area contributed by atoms with Crippen molar-refractivity contribution in [3.63, 3.8) is 0 Å². The minimum Gasteiger partial charge on any atom is -0.454 e. The van der Waals surface area contributed by atoms with Crippen molar-refractivity contribution in [2.24, 2.45) is 5.92 Å². The summed E-state index contributed by atoms with van der Waals surface area (Å²) in [6, 6.07) is 13.9. The molecule has 10 heteroatoms. The van der Waals surface area contributed by atoms with Crippen molar-refractivity contribution < 1.29 is 23.4 Å².